The Morgan fingerprint density at radius 2 is 2.00 bits per heavy atom. The summed E-state index contributed by atoms with van der Waals surface area (Å²) in [6.45, 7) is 1.81. The van der Waals surface area contributed by atoms with Gasteiger partial charge in [-0.25, -0.2) is 13.1 Å². The molecule has 3 nitrogen and oxygen atoms in total. The summed E-state index contributed by atoms with van der Waals surface area (Å²) in [6.07, 6.45) is -4.56. The summed E-state index contributed by atoms with van der Waals surface area (Å²) < 4.78 is 63.0. The lowest BCUT2D eigenvalue weighted by molar-refractivity contribution is -0.137. The molecule has 102 valence electrons. The minimum Gasteiger partial charge on any atom is -0.210 e. The number of nitrogens with one attached hydrogen (secondary N) is 1. The maximum absolute atomic E-state index is 12.4. The second kappa shape index (κ2) is 5.58. The molecule has 1 atom stereocenters. The van der Waals surface area contributed by atoms with E-state index in [4.69, 9.17) is 0 Å². The molecule has 1 rings (SSSR count). The first-order chi connectivity index (χ1) is 8.13. The summed E-state index contributed by atoms with van der Waals surface area (Å²) in [7, 11) is -3.92. The van der Waals surface area contributed by atoms with Gasteiger partial charge in [-0.15, -0.1) is 0 Å². The van der Waals surface area contributed by atoms with E-state index in [0.717, 1.165) is 18.2 Å². The Bertz CT molecular complexity index is 514. The van der Waals surface area contributed by atoms with Crippen LogP contribution < -0.4 is 4.72 Å². The largest absolute Gasteiger partial charge is 0.416 e. The van der Waals surface area contributed by atoms with Crippen LogP contribution in [0.4, 0.5) is 13.2 Å². The van der Waals surface area contributed by atoms with Crippen molar-refractivity contribution in [2.24, 2.45) is 0 Å². The molecule has 18 heavy (non-hydrogen) atoms. The van der Waals surface area contributed by atoms with Gasteiger partial charge in [-0.3, -0.25) is 0 Å². The van der Waals surface area contributed by atoms with E-state index in [9.17, 15) is 21.6 Å². The van der Waals surface area contributed by atoms with Gasteiger partial charge >= 0.3 is 6.18 Å². The van der Waals surface area contributed by atoms with Gasteiger partial charge < -0.3 is 0 Å². The maximum Gasteiger partial charge on any atom is 0.416 e. The highest BCUT2D eigenvalue weighted by atomic mass is 79.9. The SMILES string of the molecule is CC(Br)CNS(=O)(=O)c1cccc(C(F)(F)F)c1. The minimum absolute atomic E-state index is 0.0958. The van der Waals surface area contributed by atoms with Gasteiger partial charge in [0.15, 0.2) is 0 Å². The van der Waals surface area contributed by atoms with Crippen LogP contribution in [-0.4, -0.2) is 19.8 Å². The lowest BCUT2D eigenvalue weighted by atomic mass is 10.2. The Hall–Kier alpha value is -0.600. The molecule has 0 fully saturated rings. The third-order valence-corrected chi connectivity index (χ3v) is 3.77. The molecule has 1 aromatic rings. The molecule has 0 bridgehead atoms. The summed E-state index contributed by atoms with van der Waals surface area (Å²) in [5, 5.41) is 0. The van der Waals surface area contributed by atoms with E-state index in [1.54, 1.807) is 6.92 Å². The lowest BCUT2D eigenvalue weighted by Crippen LogP contribution is -2.28. The molecule has 1 aromatic carbocycles. The number of rotatable bonds is 4. The number of hydrogen-bond donors (Lipinski definition) is 1. The molecule has 0 aromatic heterocycles. The van der Waals surface area contributed by atoms with E-state index in [2.05, 4.69) is 20.7 Å². The minimum atomic E-state index is -4.56. The zero-order valence-electron chi connectivity index (χ0n) is 9.33. The van der Waals surface area contributed by atoms with E-state index in [1.165, 1.54) is 0 Å². The highest BCUT2D eigenvalue weighted by Gasteiger charge is 2.31. The zero-order chi connectivity index (χ0) is 14.0. The summed E-state index contributed by atoms with van der Waals surface area (Å²) in [6, 6.07) is 3.62. The van der Waals surface area contributed by atoms with Gasteiger partial charge in [-0.05, 0) is 18.2 Å². The molecule has 0 saturated heterocycles. The van der Waals surface area contributed by atoms with Gasteiger partial charge in [-0.1, -0.05) is 28.9 Å². The van der Waals surface area contributed by atoms with Crippen molar-refractivity contribution in [1.82, 2.24) is 4.72 Å². The number of alkyl halides is 4. The predicted octanol–water partition coefficient (Wildman–Crippen LogP) is 2.77. The lowest BCUT2D eigenvalue weighted by Gasteiger charge is -2.10. The van der Waals surface area contributed by atoms with E-state index in [-0.39, 0.29) is 11.4 Å². The van der Waals surface area contributed by atoms with E-state index >= 15 is 0 Å². The third-order valence-electron chi connectivity index (χ3n) is 2.03. The van der Waals surface area contributed by atoms with E-state index < -0.39 is 26.7 Å². The van der Waals surface area contributed by atoms with Gasteiger partial charge in [0.1, 0.15) is 0 Å². The quantitative estimate of drug-likeness (QED) is 0.853. The molecule has 0 radical (unpaired) electrons. The van der Waals surface area contributed by atoms with Crippen molar-refractivity contribution in [1.29, 1.82) is 0 Å². The molecule has 0 aliphatic carbocycles. The first-order valence-electron chi connectivity index (χ1n) is 4.94. The van der Waals surface area contributed by atoms with Crippen LogP contribution in [0.15, 0.2) is 29.2 Å². The standard InChI is InChI=1S/C10H11BrF3NO2S/c1-7(11)6-15-18(16,17)9-4-2-3-8(5-9)10(12,13)14/h2-5,7,15H,6H2,1H3. The normalized spacial score (nSPS) is 14.5. The van der Waals surface area contributed by atoms with Gasteiger partial charge in [0, 0.05) is 11.4 Å². The Morgan fingerprint density at radius 3 is 2.50 bits per heavy atom. The maximum atomic E-state index is 12.4. The fourth-order valence-electron chi connectivity index (χ4n) is 1.15. The first kappa shape index (κ1) is 15.5. The Labute approximate surface area is 112 Å². The molecule has 0 spiro atoms. The number of sulfonamides is 1. The van der Waals surface area contributed by atoms with Crippen molar-refractivity contribution in [3.05, 3.63) is 29.8 Å². The van der Waals surface area contributed by atoms with Gasteiger partial charge in [0.2, 0.25) is 10.0 Å². The molecule has 1 N–H and O–H groups in total. The van der Waals surface area contributed by atoms with Crippen molar-refractivity contribution < 1.29 is 21.6 Å². The predicted molar refractivity (Wildman–Crippen MR) is 65.0 cm³/mol. The molecule has 0 amide bonds. The molecular weight excluding hydrogens is 335 g/mol. The van der Waals surface area contributed by atoms with E-state index in [0.29, 0.717) is 6.07 Å². The summed E-state index contributed by atoms with van der Waals surface area (Å²) in [5.41, 5.74) is -0.989. The van der Waals surface area contributed by atoms with Crippen LogP contribution >= 0.6 is 15.9 Å². The number of benzene rings is 1. The number of halogens is 4. The van der Waals surface area contributed by atoms with Gasteiger partial charge in [0.25, 0.3) is 0 Å². The molecule has 0 saturated carbocycles. The monoisotopic (exact) mass is 345 g/mol. The second-order valence-electron chi connectivity index (χ2n) is 3.66. The zero-order valence-corrected chi connectivity index (χ0v) is 11.7. The van der Waals surface area contributed by atoms with Crippen molar-refractivity contribution in [3.63, 3.8) is 0 Å². The molecular formula is C10H11BrF3NO2S. The molecule has 8 heteroatoms. The first-order valence-corrected chi connectivity index (χ1v) is 7.34. The summed E-state index contributed by atoms with van der Waals surface area (Å²) >= 11 is 3.14. The van der Waals surface area contributed by atoms with Crippen LogP contribution in [0.3, 0.4) is 0 Å². The fraction of sp³-hybridized carbons (Fsp3) is 0.400. The average molecular weight is 346 g/mol. The van der Waals surface area contributed by atoms with Crippen molar-refractivity contribution in [3.8, 4) is 0 Å². The van der Waals surface area contributed by atoms with Crippen LogP contribution in [-0.2, 0) is 16.2 Å². The fourth-order valence-corrected chi connectivity index (χ4v) is 2.70. The molecule has 0 aliphatic rings. The van der Waals surface area contributed by atoms with Crippen molar-refractivity contribution >= 4 is 26.0 Å². The third kappa shape index (κ3) is 4.25. The highest BCUT2D eigenvalue weighted by molar-refractivity contribution is 9.09. The smallest absolute Gasteiger partial charge is 0.210 e. The van der Waals surface area contributed by atoms with Crippen molar-refractivity contribution in [2.75, 3.05) is 6.54 Å². The summed E-state index contributed by atoms with van der Waals surface area (Å²) in [4.78, 5) is -0.511. The van der Waals surface area contributed by atoms with Crippen LogP contribution in [0.5, 0.6) is 0 Å². The van der Waals surface area contributed by atoms with Crippen LogP contribution in [0.2, 0.25) is 0 Å². The molecule has 0 aliphatic heterocycles. The van der Waals surface area contributed by atoms with E-state index in [1.807, 2.05) is 0 Å². The topological polar surface area (TPSA) is 46.2 Å². The summed E-state index contributed by atoms with van der Waals surface area (Å²) in [5.74, 6) is 0. The second-order valence-corrected chi connectivity index (χ2v) is 6.99. The van der Waals surface area contributed by atoms with Crippen LogP contribution in [0, 0.1) is 0 Å². The average Bonchev–Trinajstić information content (AvgIpc) is 2.26. The Balaban J connectivity index is 3.03. The molecule has 1 unspecified atom stereocenters. The van der Waals surface area contributed by atoms with Crippen molar-refractivity contribution in [2.45, 2.75) is 22.8 Å². The molecule has 0 heterocycles. The Morgan fingerprint density at radius 1 is 1.39 bits per heavy atom. The van der Waals surface area contributed by atoms with Gasteiger partial charge in [-0.2, -0.15) is 13.2 Å². The Kier molecular flexibility index (Phi) is 4.79. The highest BCUT2D eigenvalue weighted by Crippen LogP contribution is 2.30. The van der Waals surface area contributed by atoms with Crippen LogP contribution in [0.25, 0.3) is 0 Å². The number of hydrogen-bond acceptors (Lipinski definition) is 2. The van der Waals surface area contributed by atoms with Crippen LogP contribution in [0.1, 0.15) is 12.5 Å². The van der Waals surface area contributed by atoms with Gasteiger partial charge in [0.05, 0.1) is 10.5 Å².